The van der Waals surface area contributed by atoms with Crippen LogP contribution in [0, 0.1) is 5.82 Å². The molecule has 0 spiro atoms. The van der Waals surface area contributed by atoms with E-state index in [4.69, 9.17) is 19.4 Å². The zero-order valence-electron chi connectivity index (χ0n) is 33.7. The number of carbonyl (C=O) groups is 2. The van der Waals surface area contributed by atoms with Gasteiger partial charge in [0.25, 0.3) is 0 Å². The first-order valence-corrected chi connectivity index (χ1v) is 19.6. The van der Waals surface area contributed by atoms with Gasteiger partial charge in [0.2, 0.25) is 5.95 Å². The summed E-state index contributed by atoms with van der Waals surface area (Å²) in [5, 5.41) is 17.8. The molecule has 1 N–H and O–H groups in total. The molecule has 4 atom stereocenters. The van der Waals surface area contributed by atoms with E-state index in [2.05, 4.69) is 34.3 Å². The van der Waals surface area contributed by atoms with Gasteiger partial charge in [-0.1, -0.05) is 45.0 Å². The number of nitrogens with zero attached hydrogens (tertiary/aromatic N) is 8. The molecule has 7 rings (SSSR count). The molecule has 2 aromatic carbocycles. The summed E-state index contributed by atoms with van der Waals surface area (Å²) in [4.78, 5) is 35.8. The molecule has 1 fully saturated rings. The third kappa shape index (κ3) is 8.38. The minimum absolute atomic E-state index is 0.0317. The number of halogens is 1. The van der Waals surface area contributed by atoms with E-state index in [0.717, 1.165) is 40.6 Å². The van der Waals surface area contributed by atoms with Gasteiger partial charge in [0.1, 0.15) is 18.5 Å². The number of urea groups is 1. The van der Waals surface area contributed by atoms with E-state index in [9.17, 15) is 14.0 Å². The number of pyridine rings is 1. The van der Waals surface area contributed by atoms with Crippen LogP contribution in [-0.4, -0.2) is 81.1 Å². The van der Waals surface area contributed by atoms with E-state index < -0.39 is 23.3 Å². The van der Waals surface area contributed by atoms with Gasteiger partial charge in [0, 0.05) is 36.2 Å². The summed E-state index contributed by atoms with van der Waals surface area (Å²) in [5.41, 5.74) is 3.15. The van der Waals surface area contributed by atoms with E-state index in [-0.39, 0.29) is 30.8 Å². The number of amides is 2. The standard InChI is InChI=1S/C42H52FN9O5/c1-27-11-10-12-28(2)50(27)40-46-45-38-20-16-30(25-49(38)40)57-35-19-18-34(31-13-8-9-14-32(31)35)44-41(54)52(56-26-53)39-24-37(42(3,4)5)47-51(39)29-15-17-33(43)36(23-29)55-22-21-48(6)7/h8-9,13-17,20,23-28,34-35H,10-12,18-19,21-22H2,1-7H3,(H,44,54)/t27-,28+,34-,35+/m0/s1. The Morgan fingerprint density at radius 2 is 1.74 bits per heavy atom. The molecule has 2 amide bonds. The van der Waals surface area contributed by atoms with Crippen LogP contribution in [0.15, 0.2) is 66.9 Å². The predicted molar refractivity (Wildman–Crippen MR) is 214 cm³/mol. The summed E-state index contributed by atoms with van der Waals surface area (Å²) in [6.07, 6.45) is 6.22. The van der Waals surface area contributed by atoms with Crippen LogP contribution < -0.4 is 24.8 Å². The highest BCUT2D eigenvalue weighted by atomic mass is 19.1. The molecule has 3 aromatic heterocycles. The quantitative estimate of drug-likeness (QED) is 0.102. The number of nitrogens with one attached hydrogen (secondary N) is 1. The van der Waals surface area contributed by atoms with Gasteiger partial charge in [-0.05, 0) is 95.4 Å². The van der Waals surface area contributed by atoms with Crippen molar-refractivity contribution in [3.63, 3.8) is 0 Å². The topological polar surface area (TPSA) is 132 Å². The number of hydrogen-bond donors (Lipinski definition) is 1. The molecule has 2 aliphatic rings. The average Bonchev–Trinajstić information content (AvgIpc) is 3.81. The Labute approximate surface area is 332 Å². The van der Waals surface area contributed by atoms with Crippen molar-refractivity contribution in [1.82, 2.24) is 34.6 Å². The lowest BCUT2D eigenvalue weighted by molar-refractivity contribution is -0.129. The third-order valence-electron chi connectivity index (χ3n) is 10.7. The van der Waals surface area contributed by atoms with E-state index in [1.807, 2.05) is 86.8 Å². The SMILES string of the molecule is C[C@@H]1CCC[C@H](C)N1c1nnc2ccc(O[C@@H]3CC[C@H](NC(=O)N(OC=O)c4cc(C(C)(C)C)nn4-c4ccc(F)c(OCCN(C)C)c4)c4ccccc43)cn12. The van der Waals surface area contributed by atoms with Crippen LogP contribution in [0.1, 0.15) is 95.7 Å². The Morgan fingerprint density at radius 1 is 0.982 bits per heavy atom. The van der Waals surface area contributed by atoms with Crippen LogP contribution in [0.4, 0.5) is 21.0 Å². The van der Waals surface area contributed by atoms with Crippen LogP contribution >= 0.6 is 0 Å². The summed E-state index contributed by atoms with van der Waals surface area (Å²) in [6, 6.07) is 17.3. The number of carbonyl (C=O) groups excluding carboxylic acids is 2. The Balaban J connectivity index is 1.14. The molecule has 5 aromatic rings. The van der Waals surface area contributed by atoms with Crippen molar-refractivity contribution in [2.24, 2.45) is 0 Å². The number of piperidine rings is 1. The lowest BCUT2D eigenvalue weighted by atomic mass is 9.85. The largest absolute Gasteiger partial charge is 0.489 e. The minimum atomic E-state index is -0.681. The summed E-state index contributed by atoms with van der Waals surface area (Å²) < 4.78 is 30.8. The first-order valence-electron chi connectivity index (χ1n) is 19.6. The Morgan fingerprint density at radius 3 is 2.46 bits per heavy atom. The fourth-order valence-electron chi connectivity index (χ4n) is 7.71. The normalized spacial score (nSPS) is 19.6. The summed E-state index contributed by atoms with van der Waals surface area (Å²) in [6.45, 7) is 11.4. The molecule has 0 radical (unpaired) electrons. The second-order valence-corrected chi connectivity index (χ2v) is 16.3. The molecular weight excluding hydrogens is 730 g/mol. The number of hydrogen-bond acceptors (Lipinski definition) is 10. The van der Waals surface area contributed by atoms with Gasteiger partial charge < -0.3 is 29.4 Å². The number of likely N-dealkylation sites (N-methyl/N-ethyl adjacent to an activating group) is 1. The van der Waals surface area contributed by atoms with Crippen LogP contribution in [0.3, 0.4) is 0 Å². The molecule has 302 valence electrons. The van der Waals surface area contributed by atoms with Crippen molar-refractivity contribution in [3.05, 3.63) is 89.5 Å². The van der Waals surface area contributed by atoms with Crippen molar-refractivity contribution >= 4 is 29.9 Å². The van der Waals surface area contributed by atoms with Gasteiger partial charge in [-0.25, -0.2) is 13.9 Å². The molecule has 0 bridgehead atoms. The van der Waals surface area contributed by atoms with Crippen LogP contribution in [0.2, 0.25) is 0 Å². The van der Waals surface area contributed by atoms with E-state index in [1.54, 1.807) is 6.07 Å². The molecule has 0 unspecified atom stereocenters. The fraction of sp³-hybridized carbons (Fsp3) is 0.452. The van der Waals surface area contributed by atoms with Gasteiger partial charge in [0.15, 0.2) is 23.0 Å². The van der Waals surface area contributed by atoms with E-state index in [1.165, 1.54) is 29.3 Å². The van der Waals surface area contributed by atoms with Crippen LogP contribution in [0.25, 0.3) is 11.3 Å². The molecule has 0 saturated carbocycles. The summed E-state index contributed by atoms with van der Waals surface area (Å²) in [7, 11) is 3.80. The van der Waals surface area contributed by atoms with E-state index in [0.29, 0.717) is 48.6 Å². The number of fused-ring (bicyclic) bond motifs is 2. The zero-order chi connectivity index (χ0) is 40.4. The Bertz CT molecular complexity index is 2210. The molecule has 1 aliphatic heterocycles. The van der Waals surface area contributed by atoms with Gasteiger partial charge in [0.05, 0.1) is 23.6 Å². The fourth-order valence-corrected chi connectivity index (χ4v) is 7.71. The second-order valence-electron chi connectivity index (χ2n) is 16.3. The number of ether oxygens (including phenoxy) is 2. The van der Waals surface area contributed by atoms with E-state index >= 15 is 0 Å². The third-order valence-corrected chi connectivity index (χ3v) is 10.7. The van der Waals surface area contributed by atoms with Crippen molar-refractivity contribution < 1.29 is 28.3 Å². The maximum absolute atomic E-state index is 14.9. The number of anilines is 2. The molecule has 14 nitrogen and oxygen atoms in total. The summed E-state index contributed by atoms with van der Waals surface area (Å²) >= 11 is 0. The van der Waals surface area contributed by atoms with Gasteiger partial charge >= 0.3 is 12.5 Å². The highest BCUT2D eigenvalue weighted by Crippen LogP contribution is 2.40. The van der Waals surface area contributed by atoms with Crippen molar-refractivity contribution in [2.45, 2.75) is 96.4 Å². The van der Waals surface area contributed by atoms with Crippen molar-refractivity contribution in [3.8, 4) is 17.2 Å². The van der Waals surface area contributed by atoms with Crippen LogP contribution in [-0.2, 0) is 15.0 Å². The Kier molecular flexibility index (Phi) is 11.4. The average molecular weight is 782 g/mol. The second kappa shape index (κ2) is 16.4. The first kappa shape index (κ1) is 39.5. The highest BCUT2D eigenvalue weighted by Gasteiger charge is 2.34. The predicted octanol–water partition coefficient (Wildman–Crippen LogP) is 7.32. The molecule has 15 heteroatoms. The monoisotopic (exact) mass is 781 g/mol. The lowest BCUT2D eigenvalue weighted by Gasteiger charge is -2.39. The maximum atomic E-state index is 14.9. The van der Waals surface area contributed by atoms with Gasteiger partial charge in [-0.2, -0.15) is 5.10 Å². The molecule has 57 heavy (non-hydrogen) atoms. The minimum Gasteiger partial charge on any atom is -0.489 e. The molecular formula is C42H52FN9O5. The smallest absolute Gasteiger partial charge is 0.357 e. The number of hydroxylamine groups is 1. The zero-order valence-corrected chi connectivity index (χ0v) is 33.7. The molecule has 4 heterocycles. The van der Waals surface area contributed by atoms with Crippen molar-refractivity contribution in [1.29, 1.82) is 0 Å². The van der Waals surface area contributed by atoms with Crippen molar-refractivity contribution in [2.75, 3.05) is 37.2 Å². The number of rotatable bonds is 12. The maximum Gasteiger partial charge on any atom is 0.357 e. The summed E-state index contributed by atoms with van der Waals surface area (Å²) in [5.74, 6) is 1.14. The lowest BCUT2D eigenvalue weighted by Crippen LogP contribution is -2.44. The Hall–Kier alpha value is -5.70. The van der Waals surface area contributed by atoms with Gasteiger partial charge in [-0.3, -0.25) is 9.20 Å². The highest BCUT2D eigenvalue weighted by molar-refractivity contribution is 5.90. The number of benzene rings is 2. The van der Waals surface area contributed by atoms with Gasteiger partial charge in [-0.15, -0.1) is 15.3 Å². The number of aromatic nitrogens is 5. The molecule has 1 aliphatic carbocycles. The molecule has 1 saturated heterocycles. The first-order chi connectivity index (χ1) is 27.3. The van der Waals surface area contributed by atoms with Crippen LogP contribution in [0.5, 0.6) is 11.5 Å².